The zero-order valence-electron chi connectivity index (χ0n) is 16.8. The van der Waals surface area contributed by atoms with E-state index in [9.17, 15) is 14.0 Å². The van der Waals surface area contributed by atoms with Crippen LogP contribution in [0.3, 0.4) is 0 Å². The lowest BCUT2D eigenvalue weighted by atomic mass is 9.98. The molecule has 1 atom stereocenters. The number of nitrogens with two attached hydrogens (primary N) is 1. The zero-order valence-corrected chi connectivity index (χ0v) is 17.7. The average Bonchev–Trinajstić information content (AvgIpc) is 3.33. The van der Waals surface area contributed by atoms with Gasteiger partial charge in [0, 0.05) is 11.9 Å². The number of aryl methyl sites for hydroxylation is 1. The molecule has 0 spiro atoms. The molecule has 31 heavy (non-hydrogen) atoms. The number of para-hydroxylation sites is 1. The van der Waals surface area contributed by atoms with Gasteiger partial charge in [-0.3, -0.25) is 9.59 Å². The van der Waals surface area contributed by atoms with E-state index in [1.807, 2.05) is 48.0 Å². The molecule has 0 aliphatic rings. The summed E-state index contributed by atoms with van der Waals surface area (Å²) >= 11 is 1.34. The molecule has 4 rings (SSSR count). The van der Waals surface area contributed by atoms with E-state index in [2.05, 4.69) is 10.4 Å². The number of aromatic nitrogens is 2. The van der Waals surface area contributed by atoms with Crippen LogP contribution >= 0.6 is 11.3 Å². The second-order valence-electron chi connectivity index (χ2n) is 7.30. The molecule has 3 N–H and O–H groups in total. The van der Waals surface area contributed by atoms with Crippen LogP contribution in [0.5, 0.6) is 0 Å². The van der Waals surface area contributed by atoms with Gasteiger partial charge >= 0.3 is 0 Å². The Hall–Kier alpha value is -3.52. The van der Waals surface area contributed by atoms with Gasteiger partial charge in [0.2, 0.25) is 5.91 Å². The summed E-state index contributed by atoms with van der Waals surface area (Å²) in [5.74, 6) is -1.73. The van der Waals surface area contributed by atoms with E-state index < -0.39 is 11.8 Å². The highest BCUT2D eigenvalue weighted by Gasteiger charge is 2.20. The van der Waals surface area contributed by atoms with E-state index in [1.54, 1.807) is 12.1 Å². The molecule has 2 heterocycles. The molecule has 0 saturated heterocycles. The van der Waals surface area contributed by atoms with Crippen LogP contribution in [0.15, 0.2) is 60.7 Å². The van der Waals surface area contributed by atoms with Crippen molar-refractivity contribution in [3.8, 4) is 5.69 Å². The van der Waals surface area contributed by atoms with Crippen molar-refractivity contribution < 1.29 is 14.0 Å². The highest BCUT2D eigenvalue weighted by Crippen LogP contribution is 2.30. The van der Waals surface area contributed by atoms with Gasteiger partial charge in [-0.1, -0.05) is 30.3 Å². The third-order valence-corrected chi connectivity index (χ3v) is 6.19. The lowest BCUT2D eigenvalue weighted by Gasteiger charge is -2.14. The Balaban J connectivity index is 1.50. The minimum atomic E-state index is -0.592. The average molecular weight is 437 g/mol. The molecule has 0 fully saturated rings. The summed E-state index contributed by atoms with van der Waals surface area (Å²) in [6, 6.07) is 17.4. The van der Waals surface area contributed by atoms with Gasteiger partial charge < -0.3 is 11.1 Å². The van der Waals surface area contributed by atoms with Crippen LogP contribution < -0.4 is 11.1 Å². The largest absolute Gasteiger partial charge is 0.369 e. The Labute approximate surface area is 182 Å². The number of halogens is 1. The van der Waals surface area contributed by atoms with Crippen LogP contribution in [0.25, 0.3) is 15.9 Å². The van der Waals surface area contributed by atoms with Crippen molar-refractivity contribution in [3.63, 3.8) is 0 Å². The molecule has 0 saturated carbocycles. The van der Waals surface area contributed by atoms with Gasteiger partial charge in [-0.2, -0.15) is 5.10 Å². The van der Waals surface area contributed by atoms with E-state index in [-0.39, 0.29) is 18.3 Å². The summed E-state index contributed by atoms with van der Waals surface area (Å²) in [6.45, 7) is 2.01. The molecule has 2 amide bonds. The molecule has 1 unspecified atom stereocenters. The molecule has 0 radical (unpaired) electrons. The van der Waals surface area contributed by atoms with Crippen LogP contribution in [0.2, 0.25) is 0 Å². The summed E-state index contributed by atoms with van der Waals surface area (Å²) < 4.78 is 14.9. The van der Waals surface area contributed by atoms with Gasteiger partial charge in [-0.15, -0.1) is 11.3 Å². The van der Waals surface area contributed by atoms with Crippen molar-refractivity contribution in [1.29, 1.82) is 0 Å². The second kappa shape index (κ2) is 8.69. The number of hydrogen-bond donors (Lipinski definition) is 2. The summed E-state index contributed by atoms with van der Waals surface area (Å²) in [6.07, 6.45) is 0.324. The number of carbonyl (C=O) groups is 2. The number of nitrogens with one attached hydrogen (secondary N) is 1. The summed E-state index contributed by atoms with van der Waals surface area (Å²) in [5, 5.41) is 8.30. The number of benzene rings is 2. The third-order valence-electron chi connectivity index (χ3n) is 5.08. The molecule has 0 aliphatic carbocycles. The summed E-state index contributed by atoms with van der Waals surface area (Å²) in [5.41, 5.74) is 8.05. The summed E-state index contributed by atoms with van der Waals surface area (Å²) in [7, 11) is 0. The third kappa shape index (κ3) is 4.49. The Bertz CT molecular complexity index is 1230. The number of nitrogens with zero attached hydrogens (tertiary/aromatic N) is 2. The molecular formula is C23H21FN4O2S. The monoisotopic (exact) mass is 436 g/mol. The fourth-order valence-corrected chi connectivity index (χ4v) is 4.48. The molecule has 8 heteroatoms. The van der Waals surface area contributed by atoms with Crippen molar-refractivity contribution in [2.45, 2.75) is 13.3 Å². The lowest BCUT2D eigenvalue weighted by Crippen LogP contribution is -2.37. The molecular weight excluding hydrogens is 415 g/mol. The number of rotatable bonds is 7. The first-order valence-electron chi connectivity index (χ1n) is 9.79. The predicted octanol–water partition coefficient (Wildman–Crippen LogP) is 3.61. The van der Waals surface area contributed by atoms with Gasteiger partial charge in [0.25, 0.3) is 5.91 Å². The van der Waals surface area contributed by atoms with Crippen molar-refractivity contribution in [2.75, 3.05) is 6.54 Å². The molecule has 2 aromatic carbocycles. The number of fused-ring (bicyclic) bond motifs is 1. The highest BCUT2D eigenvalue weighted by molar-refractivity contribution is 7.20. The van der Waals surface area contributed by atoms with E-state index in [0.29, 0.717) is 11.3 Å². The SMILES string of the molecule is Cc1nn(-c2ccccc2)c2sc(C(=O)NCC(Cc3ccc(F)cc3)C(N)=O)cc12. The maximum absolute atomic E-state index is 13.1. The van der Waals surface area contributed by atoms with Crippen molar-refractivity contribution >= 4 is 33.4 Å². The van der Waals surface area contributed by atoms with E-state index in [4.69, 9.17) is 5.73 Å². The normalized spacial score (nSPS) is 12.1. The van der Waals surface area contributed by atoms with Gasteiger partial charge in [-0.25, -0.2) is 9.07 Å². The molecule has 0 bridgehead atoms. The number of carbonyl (C=O) groups excluding carboxylic acids is 2. The molecule has 6 nitrogen and oxygen atoms in total. The molecule has 2 aromatic heterocycles. The number of primary amides is 1. The van der Waals surface area contributed by atoms with Gasteiger partial charge in [-0.05, 0) is 49.2 Å². The fraction of sp³-hybridized carbons (Fsp3) is 0.174. The number of amides is 2. The minimum Gasteiger partial charge on any atom is -0.369 e. The lowest BCUT2D eigenvalue weighted by molar-refractivity contribution is -0.121. The minimum absolute atomic E-state index is 0.101. The molecule has 4 aromatic rings. The first kappa shape index (κ1) is 20.7. The molecule has 158 valence electrons. The first-order chi connectivity index (χ1) is 14.9. The van der Waals surface area contributed by atoms with E-state index >= 15 is 0 Å². The quantitative estimate of drug-likeness (QED) is 0.464. The van der Waals surface area contributed by atoms with E-state index in [0.717, 1.165) is 27.2 Å². The molecule has 0 aliphatic heterocycles. The van der Waals surface area contributed by atoms with Gasteiger partial charge in [0.05, 0.1) is 22.2 Å². The van der Waals surface area contributed by atoms with Crippen LogP contribution in [0, 0.1) is 18.7 Å². The topological polar surface area (TPSA) is 90.0 Å². The smallest absolute Gasteiger partial charge is 0.261 e. The Morgan fingerprint density at radius 3 is 2.55 bits per heavy atom. The fourth-order valence-electron chi connectivity index (χ4n) is 3.38. The summed E-state index contributed by atoms with van der Waals surface area (Å²) in [4.78, 5) is 26.0. The first-order valence-corrected chi connectivity index (χ1v) is 10.6. The zero-order chi connectivity index (χ0) is 22.0. The maximum atomic E-state index is 13.1. The standard InChI is InChI=1S/C23H21FN4O2S/c1-14-19-12-20(31-23(19)28(27-14)18-5-3-2-4-6-18)22(30)26-13-16(21(25)29)11-15-7-9-17(24)10-8-15/h2-10,12,16H,11,13H2,1H3,(H2,25,29)(H,26,30). The Morgan fingerprint density at radius 2 is 1.87 bits per heavy atom. The van der Waals surface area contributed by atoms with E-state index in [1.165, 1.54) is 23.5 Å². The number of thiophene rings is 1. The predicted molar refractivity (Wildman–Crippen MR) is 119 cm³/mol. The second-order valence-corrected chi connectivity index (χ2v) is 8.33. The van der Waals surface area contributed by atoms with Crippen LogP contribution in [-0.4, -0.2) is 28.1 Å². The van der Waals surface area contributed by atoms with Crippen LogP contribution in [0.1, 0.15) is 20.9 Å². The Morgan fingerprint density at radius 1 is 1.16 bits per heavy atom. The van der Waals surface area contributed by atoms with Crippen molar-refractivity contribution in [1.82, 2.24) is 15.1 Å². The maximum Gasteiger partial charge on any atom is 0.261 e. The Kier molecular flexibility index (Phi) is 5.81. The van der Waals surface area contributed by atoms with Crippen molar-refractivity contribution in [3.05, 3.63) is 82.6 Å². The number of hydrogen-bond acceptors (Lipinski definition) is 4. The van der Waals surface area contributed by atoms with Gasteiger partial charge in [0.1, 0.15) is 10.6 Å². The van der Waals surface area contributed by atoms with Crippen LogP contribution in [0.4, 0.5) is 4.39 Å². The van der Waals surface area contributed by atoms with Gasteiger partial charge in [0.15, 0.2) is 0 Å². The van der Waals surface area contributed by atoms with Crippen molar-refractivity contribution in [2.24, 2.45) is 11.7 Å². The van der Waals surface area contributed by atoms with Crippen LogP contribution in [-0.2, 0) is 11.2 Å². The highest BCUT2D eigenvalue weighted by atomic mass is 32.1.